The van der Waals surface area contributed by atoms with E-state index in [0.717, 1.165) is 0 Å². The zero-order valence-electron chi connectivity index (χ0n) is 8.05. The molecule has 0 radical (unpaired) electrons. The fourth-order valence-electron chi connectivity index (χ4n) is 1.39. The van der Waals surface area contributed by atoms with Gasteiger partial charge in [-0.15, -0.1) is 0 Å². The van der Waals surface area contributed by atoms with E-state index in [9.17, 15) is 9.59 Å². The highest BCUT2D eigenvalue weighted by molar-refractivity contribution is 6.33. The molecule has 0 fully saturated rings. The Morgan fingerprint density at radius 1 is 1.56 bits per heavy atom. The highest BCUT2D eigenvalue weighted by atomic mass is 35.5. The molecule has 2 heterocycles. The summed E-state index contributed by atoms with van der Waals surface area (Å²) >= 11 is 5.85. The lowest BCUT2D eigenvalue weighted by Crippen LogP contribution is -2.21. The quantitative estimate of drug-likeness (QED) is 0.846. The molecule has 0 amide bonds. The number of pyridine rings is 1. The number of fused-ring (bicyclic) bond motifs is 1. The van der Waals surface area contributed by atoms with E-state index in [1.165, 1.54) is 16.8 Å². The van der Waals surface area contributed by atoms with E-state index in [0.29, 0.717) is 10.7 Å². The second kappa shape index (κ2) is 3.94. The highest BCUT2D eigenvalue weighted by Crippen LogP contribution is 2.12. The van der Waals surface area contributed by atoms with Gasteiger partial charge in [0.15, 0.2) is 5.65 Å². The van der Waals surface area contributed by atoms with Crippen LogP contribution < -0.4 is 5.56 Å². The van der Waals surface area contributed by atoms with Crippen LogP contribution in [-0.4, -0.2) is 20.5 Å². The molecule has 0 aliphatic carbocycles. The van der Waals surface area contributed by atoms with Crippen LogP contribution in [0, 0.1) is 0 Å². The summed E-state index contributed by atoms with van der Waals surface area (Å²) < 4.78 is 1.24. The van der Waals surface area contributed by atoms with Crippen molar-refractivity contribution in [1.29, 1.82) is 0 Å². The topological polar surface area (TPSA) is 71.7 Å². The Balaban J connectivity index is 2.71. The summed E-state index contributed by atoms with van der Waals surface area (Å²) in [5.41, 5.74) is 0.0467. The monoisotopic (exact) mass is 238 g/mol. The number of halogens is 1. The molecule has 0 atom stereocenters. The van der Waals surface area contributed by atoms with Gasteiger partial charge in [-0.05, 0) is 12.1 Å². The molecule has 5 nitrogen and oxygen atoms in total. The summed E-state index contributed by atoms with van der Waals surface area (Å²) in [7, 11) is 0. The molecule has 0 bridgehead atoms. The van der Waals surface area contributed by atoms with Crippen LogP contribution in [0.5, 0.6) is 0 Å². The van der Waals surface area contributed by atoms with Crippen LogP contribution in [-0.2, 0) is 11.2 Å². The molecule has 0 aliphatic heterocycles. The van der Waals surface area contributed by atoms with Crippen molar-refractivity contribution in [1.82, 2.24) is 9.38 Å². The molecular weight excluding hydrogens is 232 g/mol. The molecule has 0 spiro atoms. The average Bonchev–Trinajstić information content (AvgIpc) is 2.23. The summed E-state index contributed by atoms with van der Waals surface area (Å²) in [6, 6.07) is 3.21. The molecule has 1 N–H and O–H groups in total. The van der Waals surface area contributed by atoms with Crippen LogP contribution in [0.15, 0.2) is 29.3 Å². The van der Waals surface area contributed by atoms with E-state index < -0.39 is 11.5 Å². The van der Waals surface area contributed by atoms with E-state index in [2.05, 4.69) is 4.98 Å². The summed E-state index contributed by atoms with van der Waals surface area (Å²) in [4.78, 5) is 26.3. The first kappa shape index (κ1) is 10.6. The third-order valence-corrected chi connectivity index (χ3v) is 2.39. The lowest BCUT2D eigenvalue weighted by atomic mass is 10.2. The first-order valence-corrected chi connectivity index (χ1v) is 4.84. The second-order valence-electron chi connectivity index (χ2n) is 3.21. The number of aromatic nitrogens is 2. The maximum atomic E-state index is 11.8. The smallest absolute Gasteiger partial charge is 0.308 e. The summed E-state index contributed by atoms with van der Waals surface area (Å²) in [5, 5.41) is 8.96. The van der Waals surface area contributed by atoms with Gasteiger partial charge in [-0.2, -0.15) is 0 Å². The van der Waals surface area contributed by atoms with E-state index in [-0.39, 0.29) is 12.0 Å². The molecule has 0 unspecified atom stereocenters. The van der Waals surface area contributed by atoms with E-state index in [1.807, 2.05) is 0 Å². The number of carboxylic acids is 1. The Kier molecular flexibility index (Phi) is 2.62. The van der Waals surface area contributed by atoms with Crippen molar-refractivity contribution in [3.05, 3.63) is 45.5 Å². The van der Waals surface area contributed by atoms with Crippen LogP contribution in [0.1, 0.15) is 5.56 Å². The molecule has 2 aromatic heterocycles. The maximum absolute atomic E-state index is 11.8. The van der Waals surface area contributed by atoms with Crippen LogP contribution >= 0.6 is 11.6 Å². The molecule has 2 aromatic rings. The molecule has 0 saturated heterocycles. The molecule has 16 heavy (non-hydrogen) atoms. The minimum absolute atomic E-state index is 0.132. The van der Waals surface area contributed by atoms with Crippen LogP contribution in [0.2, 0.25) is 5.02 Å². The number of nitrogens with zero attached hydrogens (tertiary/aromatic N) is 2. The Morgan fingerprint density at radius 3 is 3.00 bits per heavy atom. The van der Waals surface area contributed by atoms with Crippen LogP contribution in [0.25, 0.3) is 5.65 Å². The maximum Gasteiger partial charge on any atom is 0.308 e. The zero-order chi connectivity index (χ0) is 11.7. The minimum Gasteiger partial charge on any atom is -0.481 e. The van der Waals surface area contributed by atoms with Crippen LogP contribution in [0.3, 0.4) is 0 Å². The van der Waals surface area contributed by atoms with E-state index >= 15 is 0 Å². The van der Waals surface area contributed by atoms with Gasteiger partial charge in [0.05, 0.1) is 11.4 Å². The molecular formula is C10H7ClN2O3. The van der Waals surface area contributed by atoms with Gasteiger partial charge >= 0.3 is 5.97 Å². The third kappa shape index (κ3) is 1.77. The number of hydrogen-bond acceptors (Lipinski definition) is 3. The Labute approximate surface area is 94.9 Å². The standard InChI is InChI=1S/C10H7ClN2O3/c11-7-2-1-3-13-9(7)12-5-6(10(13)16)4-8(14)15/h1-3,5H,4H2,(H,14,15). The van der Waals surface area contributed by atoms with Gasteiger partial charge in [-0.1, -0.05) is 11.6 Å². The second-order valence-corrected chi connectivity index (χ2v) is 3.62. The Bertz CT molecular complexity index is 621. The van der Waals surface area contributed by atoms with Gasteiger partial charge in [0.25, 0.3) is 5.56 Å². The van der Waals surface area contributed by atoms with Gasteiger partial charge in [0.2, 0.25) is 0 Å². The first-order valence-electron chi connectivity index (χ1n) is 4.46. The number of aliphatic carboxylic acids is 1. The molecule has 6 heteroatoms. The van der Waals surface area contributed by atoms with Crippen LogP contribution in [0.4, 0.5) is 0 Å². The van der Waals surface area contributed by atoms with E-state index in [4.69, 9.17) is 16.7 Å². The SMILES string of the molecule is O=C(O)Cc1cnc2c(Cl)cccn2c1=O. The third-order valence-electron chi connectivity index (χ3n) is 2.10. The average molecular weight is 239 g/mol. The number of rotatable bonds is 2. The number of hydrogen-bond donors (Lipinski definition) is 1. The normalized spacial score (nSPS) is 10.6. The predicted molar refractivity (Wildman–Crippen MR) is 57.8 cm³/mol. The fourth-order valence-corrected chi connectivity index (χ4v) is 1.61. The van der Waals surface area contributed by atoms with Gasteiger partial charge in [0, 0.05) is 18.0 Å². The lowest BCUT2D eigenvalue weighted by Gasteiger charge is -2.03. The van der Waals surface area contributed by atoms with Gasteiger partial charge in [0.1, 0.15) is 0 Å². The predicted octanol–water partition coefficient (Wildman–Crippen LogP) is 0.975. The van der Waals surface area contributed by atoms with Gasteiger partial charge in [-0.3, -0.25) is 14.0 Å². The molecule has 2 rings (SSSR count). The van der Waals surface area contributed by atoms with Crippen molar-refractivity contribution in [2.24, 2.45) is 0 Å². The van der Waals surface area contributed by atoms with Gasteiger partial charge in [-0.25, -0.2) is 4.98 Å². The first-order chi connectivity index (χ1) is 7.59. The fraction of sp³-hybridized carbons (Fsp3) is 0.100. The molecule has 0 aromatic carbocycles. The highest BCUT2D eigenvalue weighted by Gasteiger charge is 2.09. The summed E-state index contributed by atoms with van der Waals surface area (Å²) in [6.07, 6.45) is 2.40. The Hall–Kier alpha value is -1.88. The van der Waals surface area contributed by atoms with Crippen molar-refractivity contribution in [2.45, 2.75) is 6.42 Å². The van der Waals surface area contributed by atoms with Crippen molar-refractivity contribution >= 4 is 23.2 Å². The Morgan fingerprint density at radius 2 is 2.31 bits per heavy atom. The number of carbonyl (C=O) groups is 1. The largest absolute Gasteiger partial charge is 0.481 e. The molecule has 0 saturated carbocycles. The minimum atomic E-state index is -1.07. The molecule has 0 aliphatic rings. The zero-order valence-corrected chi connectivity index (χ0v) is 8.81. The van der Waals surface area contributed by atoms with Crippen molar-refractivity contribution in [3.8, 4) is 0 Å². The van der Waals surface area contributed by atoms with Crippen molar-refractivity contribution in [2.75, 3.05) is 0 Å². The summed E-state index contributed by atoms with van der Waals surface area (Å²) in [6.45, 7) is 0. The van der Waals surface area contributed by atoms with Crippen molar-refractivity contribution in [3.63, 3.8) is 0 Å². The summed E-state index contributed by atoms with van der Waals surface area (Å²) in [5.74, 6) is -1.07. The van der Waals surface area contributed by atoms with E-state index in [1.54, 1.807) is 12.1 Å². The lowest BCUT2D eigenvalue weighted by molar-refractivity contribution is -0.136. The van der Waals surface area contributed by atoms with Gasteiger partial charge < -0.3 is 5.11 Å². The molecule has 82 valence electrons. The number of carboxylic acid groups (broad SMARTS) is 1. The van der Waals surface area contributed by atoms with Crippen molar-refractivity contribution < 1.29 is 9.90 Å².